The summed E-state index contributed by atoms with van der Waals surface area (Å²) in [5.41, 5.74) is -0.955. The number of rotatable bonds is 3. The highest BCUT2D eigenvalue weighted by Gasteiger charge is 2.32. The predicted octanol–water partition coefficient (Wildman–Crippen LogP) is 0.294. The molecule has 1 aliphatic heterocycles. The number of anilines is 1. The summed E-state index contributed by atoms with van der Waals surface area (Å²) >= 11 is 0. The van der Waals surface area contributed by atoms with E-state index in [4.69, 9.17) is 0 Å². The van der Waals surface area contributed by atoms with Crippen molar-refractivity contribution in [2.45, 2.75) is 25.4 Å². The highest BCUT2D eigenvalue weighted by Crippen LogP contribution is 2.25. The van der Waals surface area contributed by atoms with Crippen molar-refractivity contribution in [3.63, 3.8) is 0 Å². The number of nitrogens with zero attached hydrogens (tertiary/aromatic N) is 5. The third-order valence-corrected chi connectivity index (χ3v) is 3.86. The Bertz CT molecular complexity index is 606. The molecule has 2 aromatic rings. The molecule has 3 heterocycles. The lowest BCUT2D eigenvalue weighted by Crippen LogP contribution is -2.47. The van der Waals surface area contributed by atoms with Crippen LogP contribution in [-0.2, 0) is 0 Å². The zero-order valence-corrected chi connectivity index (χ0v) is 12.0. The second kappa shape index (κ2) is 5.42. The first-order chi connectivity index (χ1) is 10.1. The molecule has 1 aliphatic rings. The molecule has 0 unspecified atom stereocenters. The van der Waals surface area contributed by atoms with Gasteiger partial charge in [0.05, 0.1) is 12.2 Å². The lowest BCUT2D eigenvalue weighted by Gasteiger charge is -2.37. The molecule has 2 N–H and O–H groups in total. The number of aliphatic hydroxyl groups is 2. The second-order valence-electron chi connectivity index (χ2n) is 5.45. The summed E-state index contributed by atoms with van der Waals surface area (Å²) in [6.07, 6.45) is 4.61. The van der Waals surface area contributed by atoms with Crippen molar-refractivity contribution in [2.24, 2.45) is 0 Å². The van der Waals surface area contributed by atoms with Crippen LogP contribution in [0.2, 0.25) is 0 Å². The van der Waals surface area contributed by atoms with Gasteiger partial charge in [-0.25, -0.2) is 14.6 Å². The highest BCUT2D eigenvalue weighted by atomic mass is 16.3. The van der Waals surface area contributed by atoms with E-state index in [1.807, 2.05) is 25.3 Å². The molecular weight excluding hydrogens is 270 g/mol. The molecule has 1 saturated heterocycles. The summed E-state index contributed by atoms with van der Waals surface area (Å²) in [6, 6.07) is 3.74. The maximum Gasteiger partial charge on any atom is 0.159 e. The van der Waals surface area contributed by atoms with Gasteiger partial charge in [0.2, 0.25) is 0 Å². The molecule has 0 aromatic carbocycles. The number of piperidine rings is 1. The van der Waals surface area contributed by atoms with Crippen molar-refractivity contribution in [3.8, 4) is 5.82 Å². The lowest BCUT2D eigenvalue weighted by atomic mass is 9.92. The number of aromatic nitrogens is 4. The van der Waals surface area contributed by atoms with E-state index in [2.05, 4.69) is 20.0 Å². The molecular formula is C14H19N5O2. The van der Waals surface area contributed by atoms with Crippen molar-refractivity contribution < 1.29 is 10.2 Å². The summed E-state index contributed by atoms with van der Waals surface area (Å²) in [4.78, 5) is 11.0. The predicted molar refractivity (Wildman–Crippen MR) is 77.4 cm³/mol. The van der Waals surface area contributed by atoms with Gasteiger partial charge in [-0.15, -0.1) is 0 Å². The smallest absolute Gasteiger partial charge is 0.159 e. The Morgan fingerprint density at radius 1 is 1.24 bits per heavy atom. The maximum atomic E-state index is 10.1. The van der Waals surface area contributed by atoms with Gasteiger partial charge in [0.25, 0.3) is 0 Å². The van der Waals surface area contributed by atoms with E-state index in [1.54, 1.807) is 10.9 Å². The van der Waals surface area contributed by atoms with Crippen LogP contribution >= 0.6 is 0 Å². The molecule has 0 spiro atoms. The van der Waals surface area contributed by atoms with Crippen LogP contribution < -0.4 is 4.90 Å². The van der Waals surface area contributed by atoms with Crippen molar-refractivity contribution >= 4 is 5.82 Å². The van der Waals surface area contributed by atoms with Gasteiger partial charge in [-0.3, -0.25) is 0 Å². The first-order valence-corrected chi connectivity index (χ1v) is 7.04. The van der Waals surface area contributed by atoms with Crippen LogP contribution in [0.5, 0.6) is 0 Å². The van der Waals surface area contributed by atoms with Gasteiger partial charge in [-0.2, -0.15) is 5.10 Å². The average molecular weight is 289 g/mol. The topological polar surface area (TPSA) is 87.3 Å². The standard InChI is InChI=1S/C14H19N5O2/c1-11-16-12(9-13(17-11)19-6-2-5-15-19)18-7-3-14(21,10-20)4-8-18/h2,5-6,9,20-21H,3-4,7-8,10H2,1H3. The fraction of sp³-hybridized carbons (Fsp3) is 0.500. The van der Waals surface area contributed by atoms with Crippen LogP contribution in [0.1, 0.15) is 18.7 Å². The summed E-state index contributed by atoms with van der Waals surface area (Å²) in [6.45, 7) is 2.98. The fourth-order valence-electron chi connectivity index (χ4n) is 2.53. The minimum atomic E-state index is -0.955. The Balaban J connectivity index is 1.83. The highest BCUT2D eigenvalue weighted by molar-refractivity contribution is 5.44. The molecule has 0 aliphatic carbocycles. The summed E-state index contributed by atoms with van der Waals surface area (Å²) in [5, 5.41) is 23.5. The minimum absolute atomic E-state index is 0.192. The summed E-state index contributed by atoms with van der Waals surface area (Å²) in [5.74, 6) is 2.24. The zero-order valence-electron chi connectivity index (χ0n) is 12.0. The number of hydrogen-bond donors (Lipinski definition) is 2. The Kier molecular flexibility index (Phi) is 3.60. The molecule has 0 radical (unpaired) electrons. The van der Waals surface area contributed by atoms with E-state index in [-0.39, 0.29) is 6.61 Å². The number of aliphatic hydroxyl groups excluding tert-OH is 1. The minimum Gasteiger partial charge on any atom is -0.393 e. The van der Waals surface area contributed by atoms with E-state index in [0.717, 1.165) is 11.6 Å². The Morgan fingerprint density at radius 3 is 2.57 bits per heavy atom. The van der Waals surface area contributed by atoms with E-state index >= 15 is 0 Å². The van der Waals surface area contributed by atoms with Gasteiger partial charge >= 0.3 is 0 Å². The van der Waals surface area contributed by atoms with Crippen molar-refractivity contribution in [1.29, 1.82) is 0 Å². The molecule has 7 heteroatoms. The molecule has 0 saturated carbocycles. The van der Waals surface area contributed by atoms with E-state index < -0.39 is 5.60 Å². The summed E-state index contributed by atoms with van der Waals surface area (Å²) in [7, 11) is 0. The quantitative estimate of drug-likeness (QED) is 0.845. The molecule has 1 fully saturated rings. The number of hydrogen-bond acceptors (Lipinski definition) is 6. The summed E-state index contributed by atoms with van der Waals surface area (Å²) < 4.78 is 1.70. The Labute approximate surface area is 122 Å². The molecule has 21 heavy (non-hydrogen) atoms. The number of aryl methyl sites for hydroxylation is 1. The third kappa shape index (κ3) is 2.88. The lowest BCUT2D eigenvalue weighted by molar-refractivity contribution is -0.0326. The van der Waals surface area contributed by atoms with Gasteiger partial charge < -0.3 is 15.1 Å². The van der Waals surface area contributed by atoms with Crippen molar-refractivity contribution in [3.05, 3.63) is 30.4 Å². The van der Waals surface area contributed by atoms with Gasteiger partial charge in [0, 0.05) is 31.5 Å². The molecule has 0 bridgehead atoms. The largest absolute Gasteiger partial charge is 0.393 e. The van der Waals surface area contributed by atoms with E-state index in [0.29, 0.717) is 31.8 Å². The second-order valence-corrected chi connectivity index (χ2v) is 5.45. The van der Waals surface area contributed by atoms with Crippen LogP contribution in [0.25, 0.3) is 5.82 Å². The first-order valence-electron chi connectivity index (χ1n) is 7.04. The normalized spacial score (nSPS) is 18.0. The fourth-order valence-corrected chi connectivity index (χ4v) is 2.53. The van der Waals surface area contributed by atoms with Crippen molar-refractivity contribution in [2.75, 3.05) is 24.6 Å². The zero-order chi connectivity index (χ0) is 14.9. The monoisotopic (exact) mass is 289 g/mol. The molecule has 2 aromatic heterocycles. The van der Waals surface area contributed by atoms with Gasteiger partial charge in [-0.1, -0.05) is 0 Å². The van der Waals surface area contributed by atoms with Gasteiger partial charge in [0.15, 0.2) is 5.82 Å². The molecule has 0 atom stereocenters. The van der Waals surface area contributed by atoms with E-state index in [9.17, 15) is 10.2 Å². The maximum absolute atomic E-state index is 10.1. The Morgan fingerprint density at radius 2 is 1.95 bits per heavy atom. The van der Waals surface area contributed by atoms with E-state index in [1.165, 1.54) is 0 Å². The van der Waals surface area contributed by atoms with Crippen LogP contribution in [-0.4, -0.2) is 55.3 Å². The van der Waals surface area contributed by atoms with Crippen LogP contribution in [0.15, 0.2) is 24.5 Å². The average Bonchev–Trinajstić information content (AvgIpc) is 3.02. The van der Waals surface area contributed by atoms with Crippen LogP contribution in [0, 0.1) is 6.92 Å². The Hall–Kier alpha value is -1.99. The van der Waals surface area contributed by atoms with Crippen LogP contribution in [0.3, 0.4) is 0 Å². The molecule has 0 amide bonds. The SMILES string of the molecule is Cc1nc(N2CCC(O)(CO)CC2)cc(-n2cccn2)n1. The first kappa shape index (κ1) is 14.0. The molecule has 112 valence electrons. The van der Waals surface area contributed by atoms with Gasteiger partial charge in [0.1, 0.15) is 11.6 Å². The van der Waals surface area contributed by atoms with Crippen molar-refractivity contribution in [1.82, 2.24) is 19.7 Å². The van der Waals surface area contributed by atoms with Gasteiger partial charge in [-0.05, 0) is 25.8 Å². The molecule has 3 rings (SSSR count). The third-order valence-electron chi connectivity index (χ3n) is 3.86. The molecule has 7 nitrogen and oxygen atoms in total. The van der Waals surface area contributed by atoms with Crippen LogP contribution in [0.4, 0.5) is 5.82 Å².